The molecule has 0 saturated heterocycles. The van der Waals surface area contributed by atoms with Crippen LogP contribution in [0.5, 0.6) is 0 Å². The zero-order chi connectivity index (χ0) is 19.6. The minimum absolute atomic E-state index is 0.576. The molecule has 144 valence electrons. The van der Waals surface area contributed by atoms with Crippen molar-refractivity contribution in [2.24, 2.45) is 0 Å². The third-order valence-electron chi connectivity index (χ3n) is 4.51. The number of hydrogen-bond donors (Lipinski definition) is 2. The Balaban J connectivity index is 1.60. The van der Waals surface area contributed by atoms with Crippen LogP contribution in [-0.2, 0) is 23.0 Å². The van der Waals surface area contributed by atoms with Gasteiger partial charge in [-0.05, 0) is 61.9 Å². The van der Waals surface area contributed by atoms with Crippen LogP contribution in [0.15, 0.2) is 46.9 Å². The number of likely N-dealkylation sites (N-methyl/N-ethyl adjacent to an activating group) is 1. The van der Waals surface area contributed by atoms with Crippen LogP contribution in [0.3, 0.4) is 0 Å². The predicted molar refractivity (Wildman–Crippen MR) is 110 cm³/mol. The number of sulfonamides is 1. The molecule has 6 nitrogen and oxygen atoms in total. The van der Waals surface area contributed by atoms with Crippen LogP contribution in [-0.4, -0.2) is 33.2 Å². The number of nitrogen functional groups attached to an aromatic ring is 1. The van der Waals surface area contributed by atoms with E-state index >= 15 is 0 Å². The van der Waals surface area contributed by atoms with Crippen LogP contribution in [0, 0.1) is 6.92 Å². The van der Waals surface area contributed by atoms with Crippen molar-refractivity contribution in [2.75, 3.05) is 30.3 Å². The van der Waals surface area contributed by atoms with Gasteiger partial charge in [-0.2, -0.15) is 0 Å². The number of aryl methyl sites for hydroxylation is 1. The first kappa shape index (κ1) is 19.3. The number of nitrogens with one attached hydrogen (secondary N) is 1. The summed E-state index contributed by atoms with van der Waals surface area (Å²) >= 11 is 0. The Morgan fingerprint density at radius 3 is 2.52 bits per heavy atom. The molecule has 1 aromatic heterocycles. The van der Waals surface area contributed by atoms with E-state index in [1.807, 2.05) is 30.3 Å². The van der Waals surface area contributed by atoms with Crippen molar-refractivity contribution in [3.63, 3.8) is 0 Å². The quantitative estimate of drug-likeness (QED) is 0.607. The van der Waals surface area contributed by atoms with E-state index in [2.05, 4.69) is 23.6 Å². The fraction of sp³-hybridized carbons (Fsp3) is 0.300. The highest BCUT2D eigenvalue weighted by Crippen LogP contribution is 2.27. The number of furan rings is 1. The van der Waals surface area contributed by atoms with Gasteiger partial charge in [-0.3, -0.25) is 9.62 Å². The molecule has 7 heteroatoms. The monoisotopic (exact) mass is 387 g/mol. The van der Waals surface area contributed by atoms with Crippen molar-refractivity contribution >= 4 is 32.4 Å². The van der Waals surface area contributed by atoms with Crippen LogP contribution < -0.4 is 10.5 Å². The Morgan fingerprint density at radius 1 is 1.15 bits per heavy atom. The summed E-state index contributed by atoms with van der Waals surface area (Å²) in [7, 11) is -1.19. The van der Waals surface area contributed by atoms with Gasteiger partial charge in [-0.1, -0.05) is 12.1 Å². The number of benzene rings is 2. The molecule has 0 fully saturated rings. The molecule has 0 aliphatic rings. The molecule has 27 heavy (non-hydrogen) atoms. The van der Waals surface area contributed by atoms with Gasteiger partial charge < -0.3 is 10.2 Å². The fourth-order valence-electron chi connectivity index (χ4n) is 3.04. The van der Waals surface area contributed by atoms with E-state index < -0.39 is 10.0 Å². The highest BCUT2D eigenvalue weighted by atomic mass is 32.2. The van der Waals surface area contributed by atoms with E-state index in [0.29, 0.717) is 12.2 Å². The largest absolute Gasteiger partial charge is 0.459 e. The number of fused-ring (bicyclic) bond motifs is 1. The standard InChI is InChI=1S/C20H25N3O3S/c1-14-18-12-16(21)6-9-19(18)26-20(14)13-23(2)11-10-15-4-7-17(8-5-15)22-27(3,24)25/h4-9,12,22H,10-11,13,21H2,1-3H3. The summed E-state index contributed by atoms with van der Waals surface area (Å²) in [6.45, 7) is 3.63. The molecule has 0 amide bonds. The van der Waals surface area contributed by atoms with Gasteiger partial charge in [0.1, 0.15) is 11.3 Å². The van der Waals surface area contributed by atoms with E-state index in [9.17, 15) is 8.42 Å². The van der Waals surface area contributed by atoms with Crippen LogP contribution in [0.25, 0.3) is 11.0 Å². The number of hydrogen-bond acceptors (Lipinski definition) is 5. The molecule has 0 atom stereocenters. The average molecular weight is 388 g/mol. The van der Waals surface area contributed by atoms with Gasteiger partial charge in [-0.15, -0.1) is 0 Å². The summed E-state index contributed by atoms with van der Waals surface area (Å²) in [5.74, 6) is 0.950. The molecule has 0 bridgehead atoms. The average Bonchev–Trinajstić information content (AvgIpc) is 2.89. The minimum atomic E-state index is -3.24. The van der Waals surface area contributed by atoms with Crippen molar-refractivity contribution < 1.29 is 12.8 Å². The topological polar surface area (TPSA) is 88.6 Å². The van der Waals surface area contributed by atoms with Gasteiger partial charge in [0, 0.05) is 23.3 Å². The lowest BCUT2D eigenvalue weighted by Gasteiger charge is -2.15. The number of rotatable bonds is 7. The highest BCUT2D eigenvalue weighted by molar-refractivity contribution is 7.92. The smallest absolute Gasteiger partial charge is 0.229 e. The van der Waals surface area contributed by atoms with E-state index in [1.165, 1.54) is 0 Å². The van der Waals surface area contributed by atoms with E-state index in [4.69, 9.17) is 10.2 Å². The van der Waals surface area contributed by atoms with Gasteiger partial charge in [0.2, 0.25) is 10.0 Å². The summed E-state index contributed by atoms with van der Waals surface area (Å²) in [6, 6.07) is 13.2. The first-order chi connectivity index (χ1) is 12.7. The molecule has 2 aromatic carbocycles. The number of nitrogens with zero attached hydrogens (tertiary/aromatic N) is 1. The van der Waals surface area contributed by atoms with Crippen molar-refractivity contribution in [1.82, 2.24) is 4.90 Å². The van der Waals surface area contributed by atoms with Gasteiger partial charge in [0.15, 0.2) is 0 Å². The SMILES string of the molecule is Cc1c(CN(C)CCc2ccc(NS(C)(=O)=O)cc2)oc2ccc(N)cc12. The maximum absolute atomic E-state index is 11.3. The lowest BCUT2D eigenvalue weighted by Crippen LogP contribution is -2.20. The molecule has 0 unspecified atom stereocenters. The van der Waals surface area contributed by atoms with Crippen LogP contribution >= 0.6 is 0 Å². The van der Waals surface area contributed by atoms with Crippen molar-refractivity contribution in [1.29, 1.82) is 0 Å². The Hall–Kier alpha value is -2.51. The molecule has 0 saturated carbocycles. The third-order valence-corrected chi connectivity index (χ3v) is 5.12. The lowest BCUT2D eigenvalue weighted by atomic mass is 10.1. The normalized spacial score (nSPS) is 12.0. The Bertz CT molecular complexity index is 1040. The van der Waals surface area contributed by atoms with Crippen molar-refractivity contribution in [3.05, 3.63) is 59.4 Å². The van der Waals surface area contributed by atoms with Crippen LogP contribution in [0.1, 0.15) is 16.9 Å². The van der Waals surface area contributed by atoms with E-state index in [1.54, 1.807) is 12.1 Å². The summed E-state index contributed by atoms with van der Waals surface area (Å²) in [6.07, 6.45) is 2.01. The van der Waals surface area contributed by atoms with Crippen LogP contribution in [0.2, 0.25) is 0 Å². The first-order valence-electron chi connectivity index (χ1n) is 8.74. The van der Waals surface area contributed by atoms with Gasteiger partial charge in [0.25, 0.3) is 0 Å². The second kappa shape index (κ2) is 7.62. The number of nitrogens with two attached hydrogens (primary N) is 1. The maximum atomic E-state index is 11.3. The van der Waals surface area contributed by atoms with E-state index in [0.717, 1.165) is 52.8 Å². The molecule has 3 aromatic rings. The lowest BCUT2D eigenvalue weighted by molar-refractivity contribution is 0.301. The molecule has 3 N–H and O–H groups in total. The second-order valence-corrected chi connectivity index (χ2v) is 8.71. The summed E-state index contributed by atoms with van der Waals surface area (Å²) in [4.78, 5) is 2.21. The molecule has 0 spiro atoms. The molecule has 0 aliphatic carbocycles. The molecular weight excluding hydrogens is 362 g/mol. The molecule has 0 aliphatic heterocycles. The molecule has 1 heterocycles. The Labute approximate surface area is 160 Å². The Kier molecular flexibility index (Phi) is 5.43. The first-order valence-corrected chi connectivity index (χ1v) is 10.6. The van der Waals surface area contributed by atoms with Crippen molar-refractivity contribution in [2.45, 2.75) is 19.9 Å². The van der Waals surface area contributed by atoms with Gasteiger partial charge in [-0.25, -0.2) is 8.42 Å². The summed E-state index contributed by atoms with van der Waals surface area (Å²) < 4.78 is 30.9. The van der Waals surface area contributed by atoms with Gasteiger partial charge in [0.05, 0.1) is 12.8 Å². The van der Waals surface area contributed by atoms with Crippen LogP contribution in [0.4, 0.5) is 11.4 Å². The second-order valence-electron chi connectivity index (χ2n) is 6.96. The van der Waals surface area contributed by atoms with E-state index in [-0.39, 0.29) is 0 Å². The molecule has 0 radical (unpaired) electrons. The Morgan fingerprint density at radius 2 is 1.85 bits per heavy atom. The van der Waals surface area contributed by atoms with Gasteiger partial charge >= 0.3 is 0 Å². The minimum Gasteiger partial charge on any atom is -0.459 e. The maximum Gasteiger partial charge on any atom is 0.229 e. The third kappa shape index (κ3) is 5.02. The predicted octanol–water partition coefficient (Wildman–Crippen LogP) is 3.37. The van der Waals surface area contributed by atoms with Crippen molar-refractivity contribution in [3.8, 4) is 0 Å². The summed E-state index contributed by atoms with van der Waals surface area (Å²) in [5.41, 5.74) is 10.3. The molecular formula is C20H25N3O3S. The molecule has 3 rings (SSSR count). The fourth-order valence-corrected chi connectivity index (χ4v) is 3.60. The zero-order valence-electron chi connectivity index (χ0n) is 15.8. The highest BCUT2D eigenvalue weighted by Gasteiger charge is 2.12. The summed E-state index contributed by atoms with van der Waals surface area (Å²) in [5, 5.41) is 1.06. The number of anilines is 2. The zero-order valence-corrected chi connectivity index (χ0v) is 16.6.